The summed E-state index contributed by atoms with van der Waals surface area (Å²) in [5.41, 5.74) is 0.475. The van der Waals surface area contributed by atoms with Gasteiger partial charge in [0.05, 0.1) is 5.75 Å². The Morgan fingerprint density at radius 3 is 2.60 bits per heavy atom. The van der Waals surface area contributed by atoms with Crippen molar-refractivity contribution in [2.24, 2.45) is 0 Å². The van der Waals surface area contributed by atoms with Crippen molar-refractivity contribution in [3.63, 3.8) is 0 Å². The molecule has 0 saturated heterocycles. The van der Waals surface area contributed by atoms with Crippen molar-refractivity contribution in [1.29, 1.82) is 0 Å². The maximum absolute atomic E-state index is 12.9. The number of rotatable bonds is 7. The maximum atomic E-state index is 12.9. The lowest BCUT2D eigenvalue weighted by molar-refractivity contribution is -0.141. The number of nitrogens with zero attached hydrogens (tertiary/aromatic N) is 4. The Morgan fingerprint density at radius 2 is 2.00 bits per heavy atom. The van der Waals surface area contributed by atoms with Crippen molar-refractivity contribution in [3.8, 4) is 11.4 Å². The maximum Gasteiger partial charge on any atom is 0.406 e. The van der Waals surface area contributed by atoms with Crippen LogP contribution in [0.4, 0.5) is 13.2 Å². The molecule has 2 rings (SSSR count). The molecule has 1 N–H and O–H groups in total. The van der Waals surface area contributed by atoms with Crippen LogP contribution >= 0.6 is 11.8 Å². The third kappa shape index (κ3) is 5.73. The number of thioether (sulfide) groups is 1. The van der Waals surface area contributed by atoms with Crippen LogP contribution < -0.4 is 5.32 Å². The summed E-state index contributed by atoms with van der Waals surface area (Å²) in [6.07, 6.45) is -0.728. The number of carbonyl (C=O) groups is 1. The van der Waals surface area contributed by atoms with E-state index in [4.69, 9.17) is 0 Å². The van der Waals surface area contributed by atoms with Crippen LogP contribution in [0.5, 0.6) is 0 Å². The van der Waals surface area contributed by atoms with Crippen LogP contribution in [0.25, 0.3) is 11.4 Å². The number of nitrogens with one attached hydrogen (secondary N) is 1. The van der Waals surface area contributed by atoms with Crippen molar-refractivity contribution in [1.82, 2.24) is 25.1 Å². The van der Waals surface area contributed by atoms with Crippen LogP contribution in [0.2, 0.25) is 0 Å². The van der Waals surface area contributed by atoms with Crippen LogP contribution in [0, 0.1) is 0 Å². The quantitative estimate of drug-likeness (QED) is 0.756. The van der Waals surface area contributed by atoms with Crippen LogP contribution in [0.3, 0.4) is 0 Å². The second-order valence-corrected chi connectivity index (χ2v) is 6.35. The Kier molecular flexibility index (Phi) is 6.40. The van der Waals surface area contributed by atoms with E-state index in [0.717, 1.165) is 22.7 Å². The molecule has 1 amide bonds. The minimum Gasteiger partial charge on any atom is -0.353 e. The molecule has 2 aromatic rings. The molecule has 2 aromatic heterocycles. The SMILES string of the molecule is CC[C@H](C)NC(=O)CSc1nnc(-c2ccncc2)n1CC(F)(F)F. The van der Waals surface area contributed by atoms with Crippen molar-refractivity contribution in [2.45, 2.75) is 44.2 Å². The summed E-state index contributed by atoms with van der Waals surface area (Å²) in [5, 5.41) is 10.5. The van der Waals surface area contributed by atoms with Crippen LogP contribution in [-0.4, -0.2) is 43.6 Å². The van der Waals surface area contributed by atoms with Crippen molar-refractivity contribution in [2.75, 3.05) is 5.75 Å². The summed E-state index contributed by atoms with van der Waals surface area (Å²) in [5.74, 6) is -0.202. The number of carbonyl (C=O) groups excluding carboxylic acids is 1. The first-order chi connectivity index (χ1) is 11.8. The van der Waals surface area contributed by atoms with E-state index in [2.05, 4.69) is 20.5 Å². The first kappa shape index (κ1) is 19.2. The Bertz CT molecular complexity index is 705. The summed E-state index contributed by atoms with van der Waals surface area (Å²) in [6.45, 7) is 2.56. The van der Waals surface area contributed by atoms with E-state index in [1.807, 2.05) is 13.8 Å². The summed E-state index contributed by atoms with van der Waals surface area (Å²) in [4.78, 5) is 15.7. The fourth-order valence-corrected chi connectivity index (χ4v) is 2.73. The minimum atomic E-state index is -4.43. The van der Waals surface area contributed by atoms with Gasteiger partial charge in [-0.05, 0) is 25.5 Å². The summed E-state index contributed by atoms with van der Waals surface area (Å²) in [7, 11) is 0. The van der Waals surface area contributed by atoms with Gasteiger partial charge in [-0.15, -0.1) is 10.2 Å². The van der Waals surface area contributed by atoms with Crippen molar-refractivity contribution >= 4 is 17.7 Å². The van der Waals surface area contributed by atoms with Gasteiger partial charge in [0, 0.05) is 24.0 Å². The zero-order valence-corrected chi connectivity index (χ0v) is 14.6. The Hall–Kier alpha value is -2.10. The highest BCUT2D eigenvalue weighted by Crippen LogP contribution is 2.28. The lowest BCUT2D eigenvalue weighted by atomic mass is 10.2. The lowest BCUT2D eigenvalue weighted by Gasteiger charge is -2.13. The van der Waals surface area contributed by atoms with E-state index in [1.165, 1.54) is 12.4 Å². The molecule has 0 aliphatic heterocycles. The zero-order chi connectivity index (χ0) is 18.4. The third-order valence-corrected chi connectivity index (χ3v) is 4.31. The number of aromatic nitrogens is 4. The summed E-state index contributed by atoms with van der Waals surface area (Å²) in [6, 6.07) is 3.12. The molecule has 1 atom stereocenters. The van der Waals surface area contributed by atoms with Crippen molar-refractivity contribution < 1.29 is 18.0 Å². The molecule has 0 fully saturated rings. The molecule has 0 unspecified atom stereocenters. The number of hydrogen-bond donors (Lipinski definition) is 1. The Balaban J connectivity index is 2.20. The smallest absolute Gasteiger partial charge is 0.353 e. The highest BCUT2D eigenvalue weighted by molar-refractivity contribution is 7.99. The van der Waals surface area contributed by atoms with Gasteiger partial charge in [-0.2, -0.15) is 13.2 Å². The fraction of sp³-hybridized carbons (Fsp3) is 0.467. The molecule has 2 heterocycles. The van der Waals surface area contributed by atoms with E-state index >= 15 is 0 Å². The standard InChI is InChI=1S/C15H18F3N5OS/c1-3-10(2)20-12(24)8-25-14-22-21-13(11-4-6-19-7-5-11)23(14)9-15(16,17)18/h4-7,10H,3,8-9H2,1-2H3,(H,20,24)/t10-/m0/s1. The molecule has 10 heteroatoms. The molecule has 25 heavy (non-hydrogen) atoms. The lowest BCUT2D eigenvalue weighted by Crippen LogP contribution is -2.33. The normalized spacial score (nSPS) is 12.8. The van der Waals surface area contributed by atoms with Gasteiger partial charge in [-0.1, -0.05) is 18.7 Å². The van der Waals surface area contributed by atoms with Crippen LogP contribution in [0.15, 0.2) is 29.7 Å². The van der Waals surface area contributed by atoms with Gasteiger partial charge < -0.3 is 5.32 Å². The van der Waals surface area contributed by atoms with Crippen molar-refractivity contribution in [3.05, 3.63) is 24.5 Å². The molecule has 0 bridgehead atoms. The van der Waals surface area contributed by atoms with Gasteiger partial charge in [0.1, 0.15) is 6.54 Å². The molecule has 0 spiro atoms. The van der Waals surface area contributed by atoms with Gasteiger partial charge in [0.15, 0.2) is 11.0 Å². The van der Waals surface area contributed by atoms with E-state index in [1.54, 1.807) is 12.1 Å². The highest BCUT2D eigenvalue weighted by Gasteiger charge is 2.31. The molecule has 136 valence electrons. The summed E-state index contributed by atoms with van der Waals surface area (Å²) < 4.78 is 39.8. The van der Waals surface area contributed by atoms with Crippen LogP contribution in [-0.2, 0) is 11.3 Å². The predicted octanol–water partition coefficient (Wildman–Crippen LogP) is 2.91. The molecular formula is C15H18F3N5OS. The molecule has 0 aliphatic rings. The van der Waals surface area contributed by atoms with Gasteiger partial charge >= 0.3 is 6.18 Å². The third-order valence-electron chi connectivity index (χ3n) is 3.34. The molecule has 0 aliphatic carbocycles. The van der Waals surface area contributed by atoms with Gasteiger partial charge in [-0.25, -0.2) is 0 Å². The first-order valence-electron chi connectivity index (χ1n) is 7.62. The zero-order valence-electron chi connectivity index (χ0n) is 13.7. The monoisotopic (exact) mass is 373 g/mol. The van der Waals surface area contributed by atoms with E-state index < -0.39 is 12.7 Å². The van der Waals surface area contributed by atoms with Gasteiger partial charge in [0.25, 0.3) is 0 Å². The van der Waals surface area contributed by atoms with E-state index in [9.17, 15) is 18.0 Å². The Labute approximate surface area is 147 Å². The van der Waals surface area contributed by atoms with E-state index in [-0.39, 0.29) is 28.7 Å². The number of amides is 1. The molecule has 6 nitrogen and oxygen atoms in total. The minimum absolute atomic E-state index is 0.00789. The number of hydrogen-bond acceptors (Lipinski definition) is 5. The average Bonchev–Trinajstić information content (AvgIpc) is 2.94. The second-order valence-electron chi connectivity index (χ2n) is 5.41. The number of halogens is 3. The van der Waals surface area contributed by atoms with E-state index in [0.29, 0.717) is 5.56 Å². The predicted molar refractivity (Wildman–Crippen MR) is 87.9 cm³/mol. The Morgan fingerprint density at radius 1 is 1.32 bits per heavy atom. The van der Waals surface area contributed by atoms with Gasteiger partial charge in [0.2, 0.25) is 5.91 Å². The topological polar surface area (TPSA) is 72.7 Å². The average molecular weight is 373 g/mol. The first-order valence-corrected chi connectivity index (χ1v) is 8.61. The molecule has 0 saturated carbocycles. The summed E-state index contributed by atoms with van der Waals surface area (Å²) >= 11 is 0.926. The second kappa shape index (κ2) is 8.32. The van der Waals surface area contributed by atoms with Gasteiger partial charge in [-0.3, -0.25) is 14.3 Å². The highest BCUT2D eigenvalue weighted by atomic mass is 32.2. The number of alkyl halides is 3. The largest absolute Gasteiger partial charge is 0.406 e. The van der Waals surface area contributed by atoms with Crippen LogP contribution in [0.1, 0.15) is 20.3 Å². The molecule has 0 aromatic carbocycles. The fourth-order valence-electron chi connectivity index (χ4n) is 1.98. The molecular weight excluding hydrogens is 355 g/mol. The number of pyridine rings is 1. The molecule has 0 radical (unpaired) electrons.